The molecule has 6 nitrogen and oxygen atoms in total. The zero-order valence-corrected chi connectivity index (χ0v) is 14.7. The topological polar surface area (TPSA) is 65.5 Å². The highest BCUT2D eigenvalue weighted by atomic mass is 35.5. The summed E-state index contributed by atoms with van der Waals surface area (Å²) in [6.07, 6.45) is 2.26. The van der Waals surface area contributed by atoms with Crippen LogP contribution in [0.2, 0.25) is 5.15 Å². The minimum Gasteiger partial charge on any atom is -0.496 e. The summed E-state index contributed by atoms with van der Waals surface area (Å²) in [4.78, 5) is 8.83. The molecular weight excluding hydrogens is 330 g/mol. The van der Waals surface area contributed by atoms with Gasteiger partial charge in [-0.05, 0) is 18.9 Å². The van der Waals surface area contributed by atoms with Crippen molar-refractivity contribution < 1.29 is 14.2 Å². The van der Waals surface area contributed by atoms with Crippen LogP contribution in [0.25, 0.3) is 0 Å². The third-order valence-corrected chi connectivity index (χ3v) is 4.09. The van der Waals surface area contributed by atoms with Crippen molar-refractivity contribution in [3.8, 4) is 17.2 Å². The highest BCUT2D eigenvalue weighted by Crippen LogP contribution is 2.39. The van der Waals surface area contributed by atoms with Crippen LogP contribution >= 0.6 is 11.6 Å². The Balaban J connectivity index is 1.81. The fraction of sp³-hybridized carbons (Fsp3) is 0.412. The fourth-order valence-corrected chi connectivity index (χ4v) is 2.66. The molecule has 0 radical (unpaired) electrons. The fourth-order valence-electron chi connectivity index (χ4n) is 2.47. The minimum atomic E-state index is 0.444. The molecule has 1 aromatic carbocycles. The first-order chi connectivity index (χ1) is 11.6. The van der Waals surface area contributed by atoms with Crippen molar-refractivity contribution in [2.45, 2.75) is 25.3 Å². The number of nitrogens with one attached hydrogen (secondary N) is 1. The monoisotopic (exact) mass is 349 g/mol. The average Bonchev–Trinajstić information content (AvgIpc) is 3.43. The Hall–Kier alpha value is -2.21. The lowest BCUT2D eigenvalue weighted by atomic mass is 10.1. The maximum Gasteiger partial charge on any atom is 0.164 e. The maximum atomic E-state index is 6.10. The largest absolute Gasteiger partial charge is 0.496 e. The Kier molecular flexibility index (Phi) is 4.94. The highest BCUT2D eigenvalue weighted by molar-refractivity contribution is 6.29. The molecule has 24 heavy (non-hydrogen) atoms. The molecule has 0 bridgehead atoms. The van der Waals surface area contributed by atoms with Crippen LogP contribution < -0.4 is 19.5 Å². The first-order valence-corrected chi connectivity index (χ1v) is 8.09. The Bertz CT molecular complexity index is 735. The number of methoxy groups -OCH3 is 3. The molecule has 128 valence electrons. The predicted octanol–water partition coefficient (Wildman–Crippen LogP) is 3.65. The van der Waals surface area contributed by atoms with Crippen molar-refractivity contribution in [1.29, 1.82) is 0 Å². The van der Waals surface area contributed by atoms with Gasteiger partial charge in [-0.2, -0.15) is 0 Å². The van der Waals surface area contributed by atoms with Gasteiger partial charge < -0.3 is 19.5 Å². The molecule has 1 heterocycles. The van der Waals surface area contributed by atoms with Crippen molar-refractivity contribution in [2.24, 2.45) is 0 Å². The summed E-state index contributed by atoms with van der Waals surface area (Å²) in [6.45, 7) is 0.515. The second-order valence-corrected chi connectivity index (χ2v) is 5.97. The number of hydrogen-bond acceptors (Lipinski definition) is 6. The Morgan fingerprint density at radius 3 is 2.29 bits per heavy atom. The molecule has 1 saturated carbocycles. The summed E-state index contributed by atoms with van der Waals surface area (Å²) in [6, 6.07) is 5.41. The van der Waals surface area contributed by atoms with Crippen LogP contribution in [-0.4, -0.2) is 31.3 Å². The van der Waals surface area contributed by atoms with E-state index in [4.69, 9.17) is 25.8 Å². The van der Waals surface area contributed by atoms with E-state index in [-0.39, 0.29) is 0 Å². The van der Waals surface area contributed by atoms with E-state index in [0.717, 1.165) is 24.2 Å². The second-order valence-electron chi connectivity index (χ2n) is 5.58. The number of rotatable bonds is 7. The smallest absolute Gasteiger partial charge is 0.164 e. The van der Waals surface area contributed by atoms with Gasteiger partial charge >= 0.3 is 0 Å². The molecule has 0 amide bonds. The van der Waals surface area contributed by atoms with E-state index in [9.17, 15) is 0 Å². The van der Waals surface area contributed by atoms with Crippen LogP contribution in [0.1, 0.15) is 30.1 Å². The number of hydrogen-bond donors (Lipinski definition) is 1. The standard InChI is InChI=1S/C17H20ClN3O3/c1-22-12-7-14(24-3)13(23-2)6-11(12)9-19-16-8-15(18)20-17(21-16)10-4-5-10/h6-8,10H,4-5,9H2,1-3H3,(H,19,20,21). The zero-order chi connectivity index (χ0) is 17.1. The van der Waals surface area contributed by atoms with Gasteiger partial charge in [-0.25, -0.2) is 9.97 Å². The van der Waals surface area contributed by atoms with Crippen molar-refractivity contribution in [3.05, 3.63) is 34.7 Å². The number of anilines is 1. The van der Waals surface area contributed by atoms with Gasteiger partial charge in [0.25, 0.3) is 0 Å². The normalized spacial score (nSPS) is 13.5. The summed E-state index contributed by atoms with van der Waals surface area (Å²) in [5.41, 5.74) is 0.929. The van der Waals surface area contributed by atoms with E-state index in [1.54, 1.807) is 33.5 Å². The van der Waals surface area contributed by atoms with Gasteiger partial charge in [0.15, 0.2) is 11.5 Å². The Labute approximate surface area is 146 Å². The van der Waals surface area contributed by atoms with Crippen molar-refractivity contribution in [2.75, 3.05) is 26.6 Å². The van der Waals surface area contributed by atoms with Gasteiger partial charge in [-0.1, -0.05) is 11.6 Å². The van der Waals surface area contributed by atoms with Gasteiger partial charge in [-0.15, -0.1) is 0 Å². The Morgan fingerprint density at radius 1 is 1.00 bits per heavy atom. The van der Waals surface area contributed by atoms with Gasteiger partial charge in [0, 0.05) is 30.2 Å². The van der Waals surface area contributed by atoms with E-state index < -0.39 is 0 Å². The molecule has 1 fully saturated rings. The molecule has 2 aromatic rings. The SMILES string of the molecule is COc1cc(OC)c(OC)cc1CNc1cc(Cl)nc(C2CC2)n1. The lowest BCUT2D eigenvalue weighted by Gasteiger charge is -2.15. The predicted molar refractivity (Wildman–Crippen MR) is 92.4 cm³/mol. The van der Waals surface area contributed by atoms with Gasteiger partial charge in [0.1, 0.15) is 22.5 Å². The number of benzene rings is 1. The summed E-state index contributed by atoms with van der Waals surface area (Å²) in [7, 11) is 4.82. The summed E-state index contributed by atoms with van der Waals surface area (Å²) < 4.78 is 16.1. The molecule has 0 atom stereocenters. The molecule has 1 aromatic heterocycles. The summed E-state index contributed by atoms with van der Waals surface area (Å²) in [5.74, 6) is 3.94. The van der Waals surface area contributed by atoms with E-state index in [2.05, 4.69) is 15.3 Å². The third kappa shape index (κ3) is 3.64. The van der Waals surface area contributed by atoms with E-state index >= 15 is 0 Å². The quantitative estimate of drug-likeness (QED) is 0.770. The van der Waals surface area contributed by atoms with Crippen LogP contribution in [0.15, 0.2) is 18.2 Å². The zero-order valence-electron chi connectivity index (χ0n) is 13.9. The minimum absolute atomic E-state index is 0.444. The van der Waals surface area contributed by atoms with Gasteiger partial charge in [-0.3, -0.25) is 0 Å². The number of nitrogens with zero attached hydrogens (tertiary/aromatic N) is 2. The molecule has 0 unspecified atom stereocenters. The summed E-state index contributed by atoms with van der Waals surface area (Å²) >= 11 is 6.10. The average molecular weight is 350 g/mol. The number of ether oxygens (including phenoxy) is 3. The van der Waals surface area contributed by atoms with Crippen LogP contribution in [0.3, 0.4) is 0 Å². The van der Waals surface area contributed by atoms with Crippen molar-refractivity contribution in [1.82, 2.24) is 9.97 Å². The molecule has 1 N–H and O–H groups in total. The van der Waals surface area contributed by atoms with Crippen LogP contribution in [0, 0.1) is 0 Å². The molecule has 0 spiro atoms. The first-order valence-electron chi connectivity index (χ1n) is 7.71. The van der Waals surface area contributed by atoms with E-state index in [1.807, 2.05) is 6.07 Å². The number of halogens is 1. The number of aromatic nitrogens is 2. The van der Waals surface area contributed by atoms with Gasteiger partial charge in [0.05, 0.1) is 21.3 Å². The van der Waals surface area contributed by atoms with Crippen molar-refractivity contribution >= 4 is 17.4 Å². The molecule has 1 aliphatic carbocycles. The lowest BCUT2D eigenvalue weighted by Crippen LogP contribution is -2.06. The second kappa shape index (κ2) is 7.13. The van der Waals surface area contributed by atoms with Crippen LogP contribution in [0.4, 0.5) is 5.82 Å². The molecule has 7 heteroatoms. The lowest BCUT2D eigenvalue weighted by molar-refractivity contribution is 0.347. The van der Waals surface area contributed by atoms with Crippen LogP contribution in [-0.2, 0) is 6.54 Å². The molecule has 1 aliphatic rings. The highest BCUT2D eigenvalue weighted by Gasteiger charge is 2.27. The van der Waals surface area contributed by atoms with E-state index in [1.165, 1.54) is 0 Å². The van der Waals surface area contributed by atoms with Crippen molar-refractivity contribution in [3.63, 3.8) is 0 Å². The third-order valence-electron chi connectivity index (χ3n) is 3.90. The first kappa shape index (κ1) is 16.6. The van der Waals surface area contributed by atoms with Crippen LogP contribution in [0.5, 0.6) is 17.2 Å². The molecular formula is C17H20ClN3O3. The molecule has 0 saturated heterocycles. The van der Waals surface area contributed by atoms with Gasteiger partial charge in [0.2, 0.25) is 0 Å². The van der Waals surface area contributed by atoms with E-state index in [0.29, 0.717) is 40.7 Å². The Morgan fingerprint density at radius 2 is 1.67 bits per heavy atom. The maximum absolute atomic E-state index is 6.10. The molecule has 0 aliphatic heterocycles. The summed E-state index contributed by atoms with van der Waals surface area (Å²) in [5, 5.41) is 3.73. The molecule has 3 rings (SSSR count).